The fourth-order valence-electron chi connectivity index (χ4n) is 9.12. The van der Waals surface area contributed by atoms with Crippen molar-refractivity contribution in [2.45, 2.75) is 116 Å². The molecule has 172 valence electrons. The molecular formula is C28H48OSe. The van der Waals surface area contributed by atoms with Crippen molar-refractivity contribution in [2.24, 2.45) is 46.3 Å². The first-order chi connectivity index (χ1) is 14.2. The Hall–Kier alpha value is 0.219. The van der Waals surface area contributed by atoms with Gasteiger partial charge in [-0.25, -0.2) is 0 Å². The Kier molecular flexibility index (Phi) is 6.91. The number of fused-ring (bicyclic) bond motifs is 5. The Labute approximate surface area is 195 Å². The van der Waals surface area contributed by atoms with Gasteiger partial charge < -0.3 is 0 Å². The van der Waals surface area contributed by atoms with E-state index in [-0.39, 0.29) is 6.10 Å². The van der Waals surface area contributed by atoms with Gasteiger partial charge in [0, 0.05) is 0 Å². The van der Waals surface area contributed by atoms with E-state index in [4.69, 9.17) is 0 Å². The van der Waals surface area contributed by atoms with E-state index in [1.807, 2.05) is 0 Å². The monoisotopic (exact) mass is 480 g/mol. The van der Waals surface area contributed by atoms with Gasteiger partial charge in [0.05, 0.1) is 0 Å². The Morgan fingerprint density at radius 2 is 1.83 bits per heavy atom. The minimum atomic E-state index is -0.193. The van der Waals surface area contributed by atoms with E-state index in [0.717, 1.165) is 34.4 Å². The molecule has 0 radical (unpaired) electrons. The third-order valence-corrected chi connectivity index (χ3v) is 11.6. The van der Waals surface area contributed by atoms with Gasteiger partial charge >= 0.3 is 169 Å². The van der Waals surface area contributed by atoms with Crippen LogP contribution in [0.25, 0.3) is 0 Å². The zero-order chi connectivity index (χ0) is 21.7. The van der Waals surface area contributed by atoms with Crippen molar-refractivity contribution in [3.8, 4) is 0 Å². The number of allylic oxidation sites excluding steroid dienone is 1. The van der Waals surface area contributed by atoms with Gasteiger partial charge in [-0.05, 0) is 5.92 Å². The van der Waals surface area contributed by atoms with Gasteiger partial charge in [-0.1, -0.05) is 20.3 Å². The number of hydrogen-bond acceptors (Lipinski definition) is 1. The van der Waals surface area contributed by atoms with Crippen LogP contribution in [-0.2, 0) is 0 Å². The fraction of sp³-hybridized carbons (Fsp3) is 0.929. The molecule has 1 N–H and O–H groups in total. The summed E-state index contributed by atoms with van der Waals surface area (Å²) in [5, 5.41) is 11.4. The Morgan fingerprint density at radius 3 is 2.53 bits per heavy atom. The van der Waals surface area contributed by atoms with Crippen LogP contribution in [0.2, 0.25) is 4.82 Å². The molecule has 30 heavy (non-hydrogen) atoms. The molecule has 2 heteroatoms. The molecule has 3 fully saturated rings. The Balaban J connectivity index is 1.56. The summed E-state index contributed by atoms with van der Waals surface area (Å²) in [7, 11) is 0. The third-order valence-electron chi connectivity index (χ3n) is 10.7. The Morgan fingerprint density at radius 1 is 1.07 bits per heavy atom. The van der Waals surface area contributed by atoms with Crippen molar-refractivity contribution >= 4 is 16.0 Å². The normalized spacial score (nSPS) is 46.7. The molecule has 4 aliphatic carbocycles. The zero-order valence-corrected chi connectivity index (χ0v) is 22.2. The van der Waals surface area contributed by atoms with E-state index in [1.165, 1.54) is 70.6 Å². The number of aliphatic hydroxyl groups excluding tert-OH is 1. The van der Waals surface area contributed by atoms with Crippen molar-refractivity contribution in [1.82, 2.24) is 0 Å². The number of rotatable bonds is 6. The Bertz CT molecular complexity index is 641. The number of aliphatic hydroxyl groups is 1. The maximum atomic E-state index is 11.4. The van der Waals surface area contributed by atoms with Gasteiger partial charge in [0.2, 0.25) is 0 Å². The molecule has 0 bridgehead atoms. The molecule has 0 aromatic heterocycles. The first-order valence-electron chi connectivity index (χ1n) is 13.3. The summed E-state index contributed by atoms with van der Waals surface area (Å²) in [6.45, 7) is 12.3. The molecular weight excluding hydrogens is 431 g/mol. The summed E-state index contributed by atoms with van der Waals surface area (Å²) in [4.78, 5) is 0.739. The molecule has 0 aromatic rings. The molecule has 0 amide bonds. The van der Waals surface area contributed by atoms with Gasteiger partial charge in [0.25, 0.3) is 0 Å². The van der Waals surface area contributed by atoms with Gasteiger partial charge in [-0.15, -0.1) is 0 Å². The SMILES string of the molecule is CC[C@]12CCC([SeH])CC1=C[C@@H](O)[C@@H]1[C@@H]2CC[C@]2(C)[C@@H]([C@H](C)CCCC(C)C)CC[C@@H]12. The molecule has 3 saturated carbocycles. The summed E-state index contributed by atoms with van der Waals surface area (Å²) in [6, 6.07) is 0. The van der Waals surface area contributed by atoms with Crippen molar-refractivity contribution in [3.63, 3.8) is 0 Å². The zero-order valence-electron chi connectivity index (χ0n) is 20.4. The van der Waals surface area contributed by atoms with Crippen LogP contribution in [0.4, 0.5) is 0 Å². The van der Waals surface area contributed by atoms with E-state index < -0.39 is 0 Å². The molecule has 0 aromatic carbocycles. The summed E-state index contributed by atoms with van der Waals surface area (Å²) in [5.74, 6) is 4.53. The van der Waals surface area contributed by atoms with Crippen molar-refractivity contribution in [1.29, 1.82) is 0 Å². The van der Waals surface area contributed by atoms with Crippen LogP contribution in [0, 0.1) is 46.3 Å². The van der Waals surface area contributed by atoms with Crippen molar-refractivity contribution in [3.05, 3.63) is 11.6 Å². The molecule has 0 heterocycles. The van der Waals surface area contributed by atoms with Crippen LogP contribution in [-0.4, -0.2) is 27.2 Å². The molecule has 0 saturated heterocycles. The summed E-state index contributed by atoms with van der Waals surface area (Å²) in [6.07, 6.45) is 17.1. The van der Waals surface area contributed by atoms with E-state index in [0.29, 0.717) is 16.7 Å². The van der Waals surface area contributed by atoms with Crippen LogP contribution >= 0.6 is 0 Å². The van der Waals surface area contributed by atoms with Gasteiger partial charge in [0.15, 0.2) is 0 Å². The minimum absolute atomic E-state index is 0.193. The van der Waals surface area contributed by atoms with E-state index in [2.05, 4.69) is 56.7 Å². The van der Waals surface area contributed by atoms with Crippen LogP contribution < -0.4 is 0 Å². The van der Waals surface area contributed by atoms with Gasteiger partial charge in [0.1, 0.15) is 0 Å². The van der Waals surface area contributed by atoms with Crippen LogP contribution in [0.15, 0.2) is 11.6 Å². The first-order valence-corrected chi connectivity index (χ1v) is 14.4. The van der Waals surface area contributed by atoms with E-state index in [1.54, 1.807) is 5.57 Å². The summed E-state index contributed by atoms with van der Waals surface area (Å²) < 4.78 is 0. The van der Waals surface area contributed by atoms with Gasteiger partial charge in [-0.3, -0.25) is 0 Å². The second-order valence-corrected chi connectivity index (χ2v) is 13.9. The standard InChI is InChI=1S/C28H48OSe/c1-6-28-15-12-21(30)16-20(28)17-25(29)26-23-11-10-22(19(4)9-7-8-18(2)3)27(23,5)14-13-24(26)28/h17-19,21-26,29-30H,6-16H2,1-5H3/t19-,21?,22-,23+,24+,25-,26+,27-,28+/m1/s1. The average molecular weight is 480 g/mol. The van der Waals surface area contributed by atoms with Crippen LogP contribution in [0.5, 0.6) is 0 Å². The van der Waals surface area contributed by atoms with Gasteiger partial charge in [-0.2, -0.15) is 0 Å². The molecule has 4 rings (SSSR count). The predicted molar refractivity (Wildman–Crippen MR) is 130 cm³/mol. The predicted octanol–water partition coefficient (Wildman–Crippen LogP) is 7.08. The summed E-state index contributed by atoms with van der Waals surface area (Å²) in [5.41, 5.74) is 2.50. The quantitative estimate of drug-likeness (QED) is 0.319. The average Bonchev–Trinajstić information content (AvgIpc) is 3.04. The van der Waals surface area contributed by atoms with Crippen molar-refractivity contribution in [2.75, 3.05) is 0 Å². The topological polar surface area (TPSA) is 20.2 Å². The second-order valence-electron chi connectivity index (χ2n) is 12.4. The molecule has 4 aliphatic rings. The fourth-order valence-corrected chi connectivity index (χ4v) is 9.81. The third kappa shape index (κ3) is 3.80. The first kappa shape index (κ1) is 23.4. The van der Waals surface area contributed by atoms with Crippen molar-refractivity contribution < 1.29 is 5.11 Å². The van der Waals surface area contributed by atoms with Crippen LogP contribution in [0.3, 0.4) is 0 Å². The molecule has 1 nitrogen and oxygen atoms in total. The molecule has 1 unspecified atom stereocenters. The maximum absolute atomic E-state index is 11.4. The summed E-state index contributed by atoms with van der Waals surface area (Å²) >= 11 is 2.91. The molecule has 9 atom stereocenters. The van der Waals surface area contributed by atoms with E-state index >= 15 is 0 Å². The van der Waals surface area contributed by atoms with E-state index in [9.17, 15) is 5.11 Å². The van der Waals surface area contributed by atoms with Crippen LogP contribution in [0.1, 0.15) is 105 Å². The number of hydrogen-bond donors (Lipinski definition) is 1. The second kappa shape index (κ2) is 8.87. The molecule has 0 spiro atoms. The molecule has 0 aliphatic heterocycles.